The van der Waals surface area contributed by atoms with Gasteiger partial charge in [-0.1, -0.05) is 0 Å². The Morgan fingerprint density at radius 1 is 0.621 bits per heavy atom. The van der Waals surface area contributed by atoms with Crippen LogP contribution < -0.4 is 0 Å². The molecular weight excluding hydrogens is 374 g/mol. The Labute approximate surface area is 171 Å². The average Bonchev–Trinajstić information content (AvgIpc) is 2.61. The fourth-order valence-corrected chi connectivity index (χ4v) is 8.02. The number of nitriles is 1. The number of rotatable bonds is 11. The van der Waals surface area contributed by atoms with Gasteiger partial charge in [-0.05, 0) is 85.9 Å². The second-order valence-electron chi connectivity index (χ2n) is 10.4. The highest BCUT2D eigenvalue weighted by atomic mass is 16.4. The molecule has 3 N–H and O–H groups in total. The van der Waals surface area contributed by atoms with E-state index in [1.165, 1.54) is 0 Å². The Hall–Kier alpha value is -2.10. The molecule has 0 saturated heterocycles. The number of hydrogen-bond acceptors (Lipinski definition) is 4. The Morgan fingerprint density at radius 3 is 1.14 bits per heavy atom. The van der Waals surface area contributed by atoms with Gasteiger partial charge in [-0.3, -0.25) is 14.4 Å². The molecule has 0 atom stereocenters. The molecule has 4 aliphatic rings. The molecule has 0 unspecified atom stereocenters. The van der Waals surface area contributed by atoms with Gasteiger partial charge >= 0.3 is 17.9 Å². The number of nitrogens with zero attached hydrogens (tertiary/aromatic N) is 1. The molecule has 7 nitrogen and oxygen atoms in total. The minimum absolute atomic E-state index is 0.0817. The zero-order chi connectivity index (χ0) is 21.3. The van der Waals surface area contributed by atoms with Crippen molar-refractivity contribution >= 4 is 17.9 Å². The molecule has 0 heterocycles. The van der Waals surface area contributed by atoms with Gasteiger partial charge in [0, 0.05) is 25.7 Å². The summed E-state index contributed by atoms with van der Waals surface area (Å²) in [6.45, 7) is 0. The fraction of sp³-hybridized carbons (Fsp3) is 0.818. The largest absolute Gasteiger partial charge is 0.481 e. The topological polar surface area (TPSA) is 136 Å². The SMILES string of the molecule is N#CCCC12CC3(CCC(=O)O)CC(CCC(=O)O)(C1)CC(CCC(=O)O)(C2)C3. The van der Waals surface area contributed by atoms with Crippen LogP contribution in [0.15, 0.2) is 0 Å². The van der Waals surface area contributed by atoms with Crippen LogP contribution in [0.3, 0.4) is 0 Å². The number of carbonyl (C=O) groups is 3. The van der Waals surface area contributed by atoms with Crippen LogP contribution in [0.25, 0.3) is 0 Å². The monoisotopic (exact) mass is 405 g/mol. The van der Waals surface area contributed by atoms with Crippen molar-refractivity contribution in [2.45, 2.75) is 89.9 Å². The molecule has 4 bridgehead atoms. The van der Waals surface area contributed by atoms with Crippen LogP contribution >= 0.6 is 0 Å². The Balaban J connectivity index is 1.98. The van der Waals surface area contributed by atoms with Crippen LogP contribution in [-0.4, -0.2) is 33.2 Å². The fourth-order valence-electron chi connectivity index (χ4n) is 8.02. The third-order valence-corrected chi connectivity index (χ3v) is 7.87. The van der Waals surface area contributed by atoms with Crippen molar-refractivity contribution < 1.29 is 29.7 Å². The summed E-state index contributed by atoms with van der Waals surface area (Å²) in [4.78, 5) is 34.0. The summed E-state index contributed by atoms with van der Waals surface area (Å²) in [6.07, 6.45) is 8.25. The number of hydrogen-bond donors (Lipinski definition) is 3. The average molecular weight is 405 g/mol. The maximum atomic E-state index is 11.3. The molecule has 4 rings (SSSR count). The lowest BCUT2D eigenvalue weighted by Gasteiger charge is -2.71. The molecule has 0 amide bonds. The molecule has 0 radical (unpaired) electrons. The maximum Gasteiger partial charge on any atom is 0.303 e. The minimum Gasteiger partial charge on any atom is -0.481 e. The molecule has 0 aromatic carbocycles. The van der Waals surface area contributed by atoms with Crippen molar-refractivity contribution in [3.63, 3.8) is 0 Å². The Bertz CT molecular complexity index is 646. The zero-order valence-electron chi connectivity index (χ0n) is 16.9. The first-order valence-electron chi connectivity index (χ1n) is 10.6. The van der Waals surface area contributed by atoms with E-state index in [2.05, 4.69) is 6.07 Å². The lowest BCUT2D eigenvalue weighted by atomic mass is 9.33. The molecule has 0 spiro atoms. The molecule has 0 aromatic rings. The summed E-state index contributed by atoms with van der Waals surface area (Å²) < 4.78 is 0. The molecular formula is C22H31NO6. The predicted octanol–water partition coefficient (Wildman–Crippen LogP) is 4.21. The normalized spacial score (nSPS) is 37.2. The second kappa shape index (κ2) is 7.62. The minimum atomic E-state index is -0.828. The number of aliphatic carboxylic acids is 3. The summed E-state index contributed by atoms with van der Waals surface area (Å²) in [7, 11) is 0. The van der Waals surface area contributed by atoms with E-state index in [-0.39, 0.29) is 40.9 Å². The van der Waals surface area contributed by atoms with Gasteiger partial charge in [0.15, 0.2) is 0 Å². The quantitative estimate of drug-likeness (QED) is 0.468. The second-order valence-corrected chi connectivity index (χ2v) is 10.4. The Morgan fingerprint density at radius 2 is 0.897 bits per heavy atom. The molecule has 160 valence electrons. The molecule has 4 fully saturated rings. The highest BCUT2D eigenvalue weighted by Crippen LogP contribution is 2.77. The first kappa shape index (κ1) is 21.6. The van der Waals surface area contributed by atoms with Crippen LogP contribution in [0.1, 0.15) is 89.9 Å². The van der Waals surface area contributed by atoms with E-state index in [0.717, 1.165) is 44.9 Å². The van der Waals surface area contributed by atoms with Gasteiger partial charge < -0.3 is 15.3 Å². The lowest BCUT2D eigenvalue weighted by molar-refractivity contribution is -0.213. The van der Waals surface area contributed by atoms with Gasteiger partial charge in [0.2, 0.25) is 0 Å². The van der Waals surface area contributed by atoms with Crippen molar-refractivity contribution in [2.75, 3.05) is 0 Å². The smallest absolute Gasteiger partial charge is 0.303 e. The molecule has 0 aliphatic heterocycles. The summed E-state index contributed by atoms with van der Waals surface area (Å²) >= 11 is 0. The van der Waals surface area contributed by atoms with E-state index < -0.39 is 17.9 Å². The lowest BCUT2D eigenvalue weighted by Crippen LogP contribution is -2.61. The number of carboxylic acids is 3. The van der Waals surface area contributed by atoms with Crippen molar-refractivity contribution in [1.82, 2.24) is 0 Å². The van der Waals surface area contributed by atoms with Crippen molar-refractivity contribution in [1.29, 1.82) is 5.26 Å². The van der Waals surface area contributed by atoms with Crippen LogP contribution in [0.5, 0.6) is 0 Å². The van der Waals surface area contributed by atoms with Crippen molar-refractivity contribution in [3.8, 4) is 6.07 Å². The van der Waals surface area contributed by atoms with Crippen LogP contribution in [-0.2, 0) is 14.4 Å². The van der Waals surface area contributed by atoms with Gasteiger partial charge in [-0.25, -0.2) is 0 Å². The summed E-state index contributed by atoms with van der Waals surface area (Å²) in [6, 6.07) is 2.25. The van der Waals surface area contributed by atoms with E-state index in [4.69, 9.17) is 0 Å². The highest BCUT2D eigenvalue weighted by Gasteiger charge is 2.66. The van der Waals surface area contributed by atoms with Crippen LogP contribution in [0.2, 0.25) is 0 Å². The van der Waals surface area contributed by atoms with E-state index in [1.807, 2.05) is 0 Å². The van der Waals surface area contributed by atoms with E-state index in [0.29, 0.717) is 25.7 Å². The third-order valence-electron chi connectivity index (χ3n) is 7.87. The molecule has 0 aromatic heterocycles. The first-order valence-corrected chi connectivity index (χ1v) is 10.6. The highest BCUT2D eigenvalue weighted by molar-refractivity contribution is 5.67. The summed E-state index contributed by atoms with van der Waals surface area (Å²) in [5, 5.41) is 37.1. The van der Waals surface area contributed by atoms with Gasteiger partial charge in [0.1, 0.15) is 0 Å². The van der Waals surface area contributed by atoms with E-state index >= 15 is 0 Å². The van der Waals surface area contributed by atoms with Crippen LogP contribution in [0.4, 0.5) is 0 Å². The van der Waals surface area contributed by atoms with Gasteiger partial charge in [0.25, 0.3) is 0 Å². The van der Waals surface area contributed by atoms with E-state index in [1.54, 1.807) is 0 Å². The van der Waals surface area contributed by atoms with Crippen molar-refractivity contribution in [3.05, 3.63) is 0 Å². The van der Waals surface area contributed by atoms with Crippen LogP contribution in [0, 0.1) is 33.0 Å². The van der Waals surface area contributed by atoms with Gasteiger partial charge in [-0.15, -0.1) is 0 Å². The number of carboxylic acid groups (broad SMARTS) is 3. The molecule has 29 heavy (non-hydrogen) atoms. The zero-order valence-corrected chi connectivity index (χ0v) is 16.9. The standard InChI is InChI=1S/C22H31NO6/c23-9-1-5-19-10-20(6-2-16(24)25)13-21(11-19,7-3-17(26)27)15-22(12-19,14-20)8-4-18(28)29/h1-8,10-15H2,(H,24,25)(H,26,27)(H,28,29). The van der Waals surface area contributed by atoms with E-state index in [9.17, 15) is 35.0 Å². The first-order chi connectivity index (χ1) is 13.6. The summed E-state index contributed by atoms with van der Waals surface area (Å²) in [5.74, 6) is -2.48. The third kappa shape index (κ3) is 4.57. The predicted molar refractivity (Wildman–Crippen MR) is 103 cm³/mol. The molecule has 7 heteroatoms. The Kier molecular flexibility index (Phi) is 5.68. The van der Waals surface area contributed by atoms with Gasteiger partial charge in [0.05, 0.1) is 6.07 Å². The molecule has 4 aliphatic carbocycles. The van der Waals surface area contributed by atoms with Crippen molar-refractivity contribution in [2.24, 2.45) is 21.7 Å². The van der Waals surface area contributed by atoms with Gasteiger partial charge in [-0.2, -0.15) is 5.26 Å². The molecule has 4 saturated carbocycles. The maximum absolute atomic E-state index is 11.3. The summed E-state index contributed by atoms with van der Waals surface area (Å²) in [5.41, 5.74) is -0.640.